The maximum atomic E-state index is 14.8. The van der Waals surface area contributed by atoms with Gasteiger partial charge in [0.25, 0.3) is 0 Å². The van der Waals surface area contributed by atoms with E-state index in [-0.39, 0.29) is 11.2 Å². The van der Waals surface area contributed by atoms with Crippen LogP contribution in [0.2, 0.25) is 0 Å². The zero-order chi connectivity index (χ0) is 20.1. The van der Waals surface area contributed by atoms with E-state index in [1.54, 1.807) is 0 Å². The lowest BCUT2D eigenvalue weighted by molar-refractivity contribution is 0.375. The number of aromatic nitrogens is 2. The quantitative estimate of drug-likeness (QED) is 0.420. The van der Waals surface area contributed by atoms with Gasteiger partial charge >= 0.3 is 0 Å². The first-order chi connectivity index (χ1) is 14.0. The molecule has 29 heavy (non-hydrogen) atoms. The van der Waals surface area contributed by atoms with E-state index in [0.717, 1.165) is 41.8 Å². The summed E-state index contributed by atoms with van der Waals surface area (Å²) < 4.78 is 44.4. The molecule has 4 nitrogen and oxygen atoms in total. The number of rotatable bonds is 3. The fourth-order valence-corrected chi connectivity index (χ4v) is 5.85. The average Bonchev–Trinajstić information content (AvgIpc) is 3.34. The lowest BCUT2D eigenvalue weighted by Gasteiger charge is -2.29. The van der Waals surface area contributed by atoms with Gasteiger partial charge in [-0.1, -0.05) is 0 Å². The molecule has 0 spiro atoms. The van der Waals surface area contributed by atoms with Gasteiger partial charge in [0.05, 0.1) is 22.1 Å². The minimum atomic E-state index is -0.828. The van der Waals surface area contributed by atoms with Crippen LogP contribution in [0, 0.1) is 17.5 Å². The first-order valence-corrected chi connectivity index (χ1v) is 11.0. The smallest absolute Gasteiger partial charge is 0.176 e. The molecule has 1 fully saturated rings. The number of nitrogens with one attached hydrogen (secondary N) is 2. The van der Waals surface area contributed by atoms with Crippen molar-refractivity contribution in [3.05, 3.63) is 46.2 Å². The first kappa shape index (κ1) is 18.8. The molecule has 0 amide bonds. The van der Waals surface area contributed by atoms with E-state index < -0.39 is 23.1 Å². The molecule has 5 rings (SSSR count). The molecule has 2 atom stereocenters. The zero-order valence-corrected chi connectivity index (χ0v) is 17.1. The summed E-state index contributed by atoms with van der Waals surface area (Å²) in [7, 11) is 0. The third kappa shape index (κ3) is 3.17. The maximum absolute atomic E-state index is 14.8. The molecule has 0 radical (unpaired) electrons. The van der Waals surface area contributed by atoms with Crippen molar-refractivity contribution in [1.82, 2.24) is 15.3 Å². The normalized spacial score (nSPS) is 19.9. The van der Waals surface area contributed by atoms with Gasteiger partial charge in [-0.2, -0.15) is 0 Å². The van der Waals surface area contributed by atoms with Crippen LogP contribution in [0.5, 0.6) is 0 Å². The van der Waals surface area contributed by atoms with Crippen LogP contribution in [0.3, 0.4) is 0 Å². The van der Waals surface area contributed by atoms with Gasteiger partial charge in [0.2, 0.25) is 0 Å². The third-order valence-corrected chi connectivity index (χ3v) is 7.38. The fraction of sp³-hybridized carbons (Fsp3) is 0.300. The molecular formula is C20H17F3N4S2. The van der Waals surface area contributed by atoms with E-state index in [2.05, 4.69) is 27.5 Å². The largest absolute Gasteiger partial charge is 0.348 e. The van der Waals surface area contributed by atoms with Crippen molar-refractivity contribution in [2.45, 2.75) is 31.7 Å². The molecule has 2 N–H and O–H groups in total. The Labute approximate surface area is 172 Å². The summed E-state index contributed by atoms with van der Waals surface area (Å²) in [6.45, 7) is 3.12. The van der Waals surface area contributed by atoms with Crippen molar-refractivity contribution in [3.8, 4) is 0 Å². The second kappa shape index (κ2) is 7.23. The number of thiazole rings is 1. The van der Waals surface area contributed by atoms with Gasteiger partial charge < -0.3 is 10.6 Å². The second-order valence-corrected chi connectivity index (χ2v) is 9.16. The van der Waals surface area contributed by atoms with Gasteiger partial charge in [0, 0.05) is 22.2 Å². The monoisotopic (exact) mass is 434 g/mol. The van der Waals surface area contributed by atoms with E-state index in [0.29, 0.717) is 26.9 Å². The van der Waals surface area contributed by atoms with E-state index in [1.807, 2.05) is 6.07 Å². The standard InChI is InChI=1S/C20H17F3N4S2/c1-9-10(3-2-4-24-9)14-5-11-17(13(22)7-25-20(11)29-14)27-18-12(21)6-15-19(16(18)23)26-8-28-15/h5-10,24H,2-4H2,1H3,(H,25,27)/t9-,10+/m1/s1. The minimum absolute atomic E-state index is 0.0290. The Morgan fingerprint density at radius 2 is 2.00 bits per heavy atom. The molecule has 3 aromatic heterocycles. The highest BCUT2D eigenvalue weighted by Gasteiger charge is 2.26. The Kier molecular flexibility index (Phi) is 4.68. The number of benzene rings is 1. The van der Waals surface area contributed by atoms with Crippen molar-refractivity contribution in [1.29, 1.82) is 0 Å². The number of hydrogen-bond acceptors (Lipinski definition) is 6. The molecule has 150 valence electrons. The number of fused-ring (bicyclic) bond motifs is 2. The van der Waals surface area contributed by atoms with Crippen LogP contribution >= 0.6 is 22.7 Å². The summed E-state index contributed by atoms with van der Waals surface area (Å²) in [6, 6.07) is 3.41. The predicted molar refractivity (Wildman–Crippen MR) is 112 cm³/mol. The predicted octanol–water partition coefficient (Wildman–Crippen LogP) is 5.92. The highest BCUT2D eigenvalue weighted by molar-refractivity contribution is 7.18. The second-order valence-electron chi connectivity index (χ2n) is 7.21. The van der Waals surface area contributed by atoms with Gasteiger partial charge in [-0.3, -0.25) is 0 Å². The summed E-state index contributed by atoms with van der Waals surface area (Å²) in [6.07, 6.45) is 3.20. The number of hydrogen-bond donors (Lipinski definition) is 2. The molecule has 1 aliphatic heterocycles. The third-order valence-electron chi connectivity index (χ3n) is 5.43. The molecular weight excluding hydrogens is 417 g/mol. The molecule has 0 unspecified atom stereocenters. The Morgan fingerprint density at radius 3 is 2.83 bits per heavy atom. The SMILES string of the molecule is C[C@H]1NCCC[C@@H]1c1cc2c(Nc3c(F)cc4scnc4c3F)c(F)cnc2s1. The van der Waals surface area contributed by atoms with Crippen molar-refractivity contribution >= 4 is 54.5 Å². The highest BCUT2D eigenvalue weighted by Crippen LogP contribution is 2.40. The molecule has 0 aliphatic carbocycles. The summed E-state index contributed by atoms with van der Waals surface area (Å²) in [5.41, 5.74) is 1.14. The van der Waals surface area contributed by atoms with Crippen LogP contribution in [-0.2, 0) is 0 Å². The lowest BCUT2D eigenvalue weighted by Crippen LogP contribution is -2.37. The Morgan fingerprint density at radius 1 is 1.14 bits per heavy atom. The number of halogens is 3. The maximum Gasteiger partial charge on any atom is 0.176 e. The van der Waals surface area contributed by atoms with Gasteiger partial charge in [0.1, 0.15) is 16.0 Å². The Bertz CT molecular complexity index is 1220. The molecule has 4 aromatic rings. The van der Waals surface area contributed by atoms with Crippen molar-refractivity contribution in [2.24, 2.45) is 0 Å². The molecule has 1 aliphatic rings. The molecule has 1 saturated heterocycles. The van der Waals surface area contributed by atoms with E-state index in [9.17, 15) is 13.2 Å². The number of pyridine rings is 1. The van der Waals surface area contributed by atoms with Crippen LogP contribution in [0.4, 0.5) is 24.5 Å². The Hall–Kier alpha value is -2.23. The van der Waals surface area contributed by atoms with Crippen molar-refractivity contribution in [3.63, 3.8) is 0 Å². The van der Waals surface area contributed by atoms with E-state index in [1.165, 1.54) is 22.9 Å². The Balaban J connectivity index is 1.61. The van der Waals surface area contributed by atoms with Crippen molar-refractivity contribution < 1.29 is 13.2 Å². The van der Waals surface area contributed by atoms with Crippen LogP contribution in [-0.4, -0.2) is 22.6 Å². The van der Waals surface area contributed by atoms with Gasteiger partial charge in [-0.05, 0) is 38.4 Å². The highest BCUT2D eigenvalue weighted by atomic mass is 32.1. The molecule has 1 aromatic carbocycles. The van der Waals surface area contributed by atoms with Crippen LogP contribution in [0.1, 0.15) is 30.6 Å². The van der Waals surface area contributed by atoms with Gasteiger partial charge in [0.15, 0.2) is 17.5 Å². The van der Waals surface area contributed by atoms with Crippen molar-refractivity contribution in [2.75, 3.05) is 11.9 Å². The number of thiophene rings is 1. The lowest BCUT2D eigenvalue weighted by atomic mass is 9.90. The van der Waals surface area contributed by atoms with Crippen LogP contribution in [0.15, 0.2) is 23.8 Å². The number of anilines is 2. The average molecular weight is 435 g/mol. The van der Waals surface area contributed by atoms with Crippen LogP contribution < -0.4 is 10.6 Å². The van der Waals surface area contributed by atoms with E-state index >= 15 is 0 Å². The summed E-state index contributed by atoms with van der Waals surface area (Å²) >= 11 is 2.65. The molecule has 0 saturated carbocycles. The summed E-state index contributed by atoms with van der Waals surface area (Å²) in [5, 5.41) is 6.64. The van der Waals surface area contributed by atoms with Gasteiger partial charge in [-0.15, -0.1) is 22.7 Å². The first-order valence-electron chi connectivity index (χ1n) is 9.32. The van der Waals surface area contributed by atoms with E-state index in [4.69, 9.17) is 0 Å². The fourth-order valence-electron chi connectivity index (χ4n) is 3.90. The molecule has 4 heterocycles. The summed E-state index contributed by atoms with van der Waals surface area (Å²) in [4.78, 5) is 9.87. The van der Waals surface area contributed by atoms with Gasteiger partial charge in [-0.25, -0.2) is 23.1 Å². The van der Waals surface area contributed by atoms with Crippen LogP contribution in [0.25, 0.3) is 20.4 Å². The topological polar surface area (TPSA) is 49.8 Å². The number of piperidine rings is 1. The molecule has 0 bridgehead atoms. The zero-order valence-electron chi connectivity index (χ0n) is 15.4. The number of nitrogens with zero attached hydrogens (tertiary/aromatic N) is 2. The summed E-state index contributed by atoms with van der Waals surface area (Å²) in [5.74, 6) is -1.97. The molecule has 9 heteroatoms. The minimum Gasteiger partial charge on any atom is -0.348 e.